The fourth-order valence-electron chi connectivity index (χ4n) is 0.894. The second kappa shape index (κ2) is 4.41. The Labute approximate surface area is 81.2 Å². The molecule has 72 valence electrons. The summed E-state index contributed by atoms with van der Waals surface area (Å²) in [7, 11) is 1.37. The van der Waals surface area contributed by atoms with Crippen molar-refractivity contribution in [2.24, 2.45) is 0 Å². The van der Waals surface area contributed by atoms with Gasteiger partial charge in [-0.2, -0.15) is 0 Å². The molecule has 0 saturated carbocycles. The summed E-state index contributed by atoms with van der Waals surface area (Å²) in [6, 6.07) is 0. The molecule has 1 aliphatic carbocycles. The second-order valence-corrected chi connectivity index (χ2v) is 2.50. The van der Waals surface area contributed by atoms with Gasteiger partial charge in [-0.1, -0.05) is 6.08 Å². The van der Waals surface area contributed by atoms with Crippen molar-refractivity contribution in [3.05, 3.63) is 42.1 Å². The first-order valence-electron chi connectivity index (χ1n) is 3.81. The molecule has 0 aromatic heterocycles. The summed E-state index contributed by atoms with van der Waals surface area (Å²) in [6.07, 6.45) is 7.62. The second-order valence-electron chi connectivity index (χ2n) is 2.50. The topological polar surface area (TPSA) is 63.6 Å². The number of carboxylic acids is 1. The van der Waals surface area contributed by atoms with E-state index in [2.05, 4.69) is 6.42 Å². The highest BCUT2D eigenvalue weighted by molar-refractivity contribution is 6.03. The number of rotatable bonds is 3. The lowest BCUT2D eigenvalue weighted by molar-refractivity contribution is -0.131. The van der Waals surface area contributed by atoms with Gasteiger partial charge in [0, 0.05) is 6.08 Å². The molecule has 0 spiro atoms. The molecule has 0 heterocycles. The van der Waals surface area contributed by atoms with Crippen molar-refractivity contribution in [1.29, 1.82) is 0 Å². The summed E-state index contributed by atoms with van der Waals surface area (Å²) in [6.45, 7) is 0. The van der Waals surface area contributed by atoms with Crippen molar-refractivity contribution in [1.82, 2.24) is 0 Å². The number of ketones is 1. The number of methoxy groups -OCH3 is 1. The van der Waals surface area contributed by atoms with Crippen LogP contribution in [0, 0.1) is 6.42 Å². The minimum atomic E-state index is -1.05. The molecule has 1 rings (SSSR count). The van der Waals surface area contributed by atoms with Crippen LogP contribution in [0.4, 0.5) is 0 Å². The van der Waals surface area contributed by atoms with E-state index < -0.39 is 5.97 Å². The molecule has 0 unspecified atom stereocenters. The third-order valence-corrected chi connectivity index (χ3v) is 1.53. The van der Waals surface area contributed by atoms with Crippen molar-refractivity contribution < 1.29 is 19.4 Å². The molecule has 0 aromatic rings. The van der Waals surface area contributed by atoms with Gasteiger partial charge in [0.25, 0.3) is 0 Å². The Kier molecular flexibility index (Phi) is 3.23. The average molecular weight is 192 g/mol. The standard InChI is InChI=1S/C10H8O4/c1-14-9-6-7(2-4-8(9)11)3-5-10(12)13/h2-3,5-6H,1H3,(H,12,13)/b5-3+. The first kappa shape index (κ1) is 10.2. The lowest BCUT2D eigenvalue weighted by atomic mass is 10.0. The lowest BCUT2D eigenvalue weighted by Gasteiger charge is -2.07. The van der Waals surface area contributed by atoms with Gasteiger partial charge in [-0.05, 0) is 17.7 Å². The fourth-order valence-corrected chi connectivity index (χ4v) is 0.894. The summed E-state index contributed by atoms with van der Waals surface area (Å²) in [4.78, 5) is 21.2. The molecule has 0 atom stereocenters. The van der Waals surface area contributed by atoms with Crippen LogP contribution in [0.15, 0.2) is 35.6 Å². The summed E-state index contributed by atoms with van der Waals surface area (Å²) in [5, 5.41) is 8.37. The molecule has 0 bridgehead atoms. The van der Waals surface area contributed by atoms with Crippen molar-refractivity contribution in [3.63, 3.8) is 0 Å². The largest absolute Gasteiger partial charge is 0.493 e. The van der Waals surface area contributed by atoms with Crippen molar-refractivity contribution in [2.45, 2.75) is 0 Å². The smallest absolute Gasteiger partial charge is 0.328 e. The molecule has 1 aliphatic rings. The SMILES string of the molecule is COC1=CC(/C=C/C(=O)O)=C[C]C1=O. The zero-order valence-corrected chi connectivity index (χ0v) is 7.48. The van der Waals surface area contributed by atoms with Gasteiger partial charge < -0.3 is 9.84 Å². The highest BCUT2D eigenvalue weighted by atomic mass is 16.5. The van der Waals surface area contributed by atoms with E-state index >= 15 is 0 Å². The number of aliphatic carboxylic acids is 1. The minimum absolute atomic E-state index is 0.150. The van der Waals surface area contributed by atoms with E-state index in [0.29, 0.717) is 5.57 Å². The van der Waals surface area contributed by atoms with E-state index in [1.54, 1.807) is 0 Å². The molecule has 0 aliphatic heterocycles. The van der Waals surface area contributed by atoms with Crippen LogP contribution in [0.1, 0.15) is 0 Å². The predicted octanol–water partition coefficient (Wildman–Crippen LogP) is 0.748. The molecule has 2 radical (unpaired) electrons. The Balaban J connectivity index is 2.79. The zero-order valence-electron chi connectivity index (χ0n) is 7.48. The van der Waals surface area contributed by atoms with E-state index in [1.165, 1.54) is 25.3 Å². The number of carbonyl (C=O) groups is 2. The van der Waals surface area contributed by atoms with Gasteiger partial charge in [0.05, 0.1) is 13.5 Å². The first-order chi connectivity index (χ1) is 6.63. The Morgan fingerprint density at radius 3 is 2.93 bits per heavy atom. The lowest BCUT2D eigenvalue weighted by Crippen LogP contribution is -2.08. The highest BCUT2D eigenvalue weighted by Gasteiger charge is 2.14. The number of ether oxygens (including phenoxy) is 1. The third-order valence-electron chi connectivity index (χ3n) is 1.53. The Hall–Kier alpha value is -1.84. The van der Waals surface area contributed by atoms with Crippen LogP contribution in [0.2, 0.25) is 0 Å². The van der Waals surface area contributed by atoms with Gasteiger partial charge in [-0.25, -0.2) is 4.79 Å². The van der Waals surface area contributed by atoms with Crippen molar-refractivity contribution in [2.75, 3.05) is 7.11 Å². The quantitative estimate of drug-likeness (QED) is 0.670. The summed E-state index contributed by atoms with van der Waals surface area (Å²) in [5.74, 6) is -1.24. The third kappa shape index (κ3) is 2.58. The van der Waals surface area contributed by atoms with Crippen LogP contribution >= 0.6 is 0 Å². The van der Waals surface area contributed by atoms with Crippen LogP contribution in [0.25, 0.3) is 0 Å². The maximum absolute atomic E-state index is 11.0. The van der Waals surface area contributed by atoms with Gasteiger partial charge >= 0.3 is 5.97 Å². The summed E-state index contributed by atoms with van der Waals surface area (Å²) in [5.41, 5.74) is 0.559. The predicted molar refractivity (Wildman–Crippen MR) is 48.2 cm³/mol. The fraction of sp³-hybridized carbons (Fsp3) is 0.100. The van der Waals surface area contributed by atoms with E-state index in [1.807, 2.05) is 0 Å². The monoisotopic (exact) mass is 192 g/mol. The number of hydrogen-bond donors (Lipinski definition) is 1. The number of hydrogen-bond acceptors (Lipinski definition) is 3. The molecule has 1 N–H and O–H groups in total. The van der Waals surface area contributed by atoms with Gasteiger partial charge in [0.15, 0.2) is 5.76 Å². The van der Waals surface area contributed by atoms with Crippen molar-refractivity contribution >= 4 is 11.8 Å². The van der Waals surface area contributed by atoms with Gasteiger partial charge in [0.2, 0.25) is 5.78 Å². The molecule has 4 nitrogen and oxygen atoms in total. The van der Waals surface area contributed by atoms with Gasteiger partial charge in [-0.3, -0.25) is 4.79 Å². The van der Waals surface area contributed by atoms with E-state index in [9.17, 15) is 9.59 Å². The van der Waals surface area contributed by atoms with Gasteiger partial charge in [0.1, 0.15) is 0 Å². The van der Waals surface area contributed by atoms with Crippen LogP contribution in [0.3, 0.4) is 0 Å². The Morgan fingerprint density at radius 1 is 1.64 bits per heavy atom. The maximum atomic E-state index is 11.0. The molecular formula is C10H8O4. The average Bonchev–Trinajstić information content (AvgIpc) is 2.16. The summed E-state index contributed by atoms with van der Waals surface area (Å²) >= 11 is 0. The highest BCUT2D eigenvalue weighted by Crippen LogP contribution is 2.14. The molecule has 0 aromatic carbocycles. The van der Waals surface area contributed by atoms with E-state index in [0.717, 1.165) is 6.08 Å². The molecule has 0 amide bonds. The molecule has 4 heteroatoms. The zero-order chi connectivity index (χ0) is 10.6. The molecule has 14 heavy (non-hydrogen) atoms. The summed E-state index contributed by atoms with van der Waals surface area (Å²) < 4.78 is 4.77. The van der Waals surface area contributed by atoms with Crippen LogP contribution in [0.5, 0.6) is 0 Å². The number of Topliss-reactive ketones (excluding diaryl/α,β-unsaturated/α-hetero) is 1. The Bertz CT molecular complexity index is 347. The van der Waals surface area contributed by atoms with Crippen LogP contribution in [-0.4, -0.2) is 24.0 Å². The van der Waals surface area contributed by atoms with Gasteiger partial charge in [-0.15, -0.1) is 0 Å². The molecule has 0 fully saturated rings. The van der Waals surface area contributed by atoms with Crippen LogP contribution in [-0.2, 0) is 14.3 Å². The maximum Gasteiger partial charge on any atom is 0.328 e. The Morgan fingerprint density at radius 2 is 2.36 bits per heavy atom. The number of carboxylic acid groups (broad SMARTS) is 1. The van der Waals surface area contributed by atoms with Crippen molar-refractivity contribution in [3.8, 4) is 0 Å². The minimum Gasteiger partial charge on any atom is -0.493 e. The van der Waals surface area contributed by atoms with Crippen LogP contribution < -0.4 is 0 Å². The number of allylic oxidation sites excluding steroid dienone is 5. The van der Waals surface area contributed by atoms with E-state index in [4.69, 9.17) is 9.84 Å². The molecule has 0 saturated heterocycles. The number of carbonyl (C=O) groups excluding carboxylic acids is 1. The normalized spacial score (nSPS) is 16.5. The molecular weight excluding hydrogens is 184 g/mol. The first-order valence-corrected chi connectivity index (χ1v) is 3.81. The van der Waals surface area contributed by atoms with E-state index in [-0.39, 0.29) is 11.5 Å².